The molecule has 7 aliphatic rings. The molecule has 11 atom stereocenters. The number of benzene rings is 2. The fourth-order valence-corrected chi connectivity index (χ4v) is 10.8. The molecule has 7 bridgehead atoms. The molecule has 352 valence electrons. The van der Waals surface area contributed by atoms with Crippen LogP contribution in [-0.4, -0.2) is 104 Å². The van der Waals surface area contributed by atoms with Crippen molar-refractivity contribution in [1.29, 1.82) is 0 Å². The van der Waals surface area contributed by atoms with Crippen molar-refractivity contribution >= 4 is 35.5 Å². The van der Waals surface area contributed by atoms with Crippen molar-refractivity contribution < 1.29 is 86.7 Å². The van der Waals surface area contributed by atoms with E-state index in [1.165, 1.54) is 40.2 Å². The molecule has 0 saturated carbocycles. The first-order valence-electron chi connectivity index (χ1n) is 21.7. The molecule has 2 aromatic carbocycles. The van der Waals surface area contributed by atoms with Crippen LogP contribution in [0.15, 0.2) is 83.2 Å². The molecule has 1 saturated heterocycles. The number of halogens is 1. The van der Waals surface area contributed by atoms with E-state index in [2.05, 4.69) is 20.6 Å². The Kier molecular flexibility index (Phi) is 13.0. The summed E-state index contributed by atoms with van der Waals surface area (Å²) in [6, 6.07) is 4.12. The second-order valence-corrected chi connectivity index (χ2v) is 20.2. The number of hydrogen-bond donors (Lipinski definition) is 4. The summed E-state index contributed by atoms with van der Waals surface area (Å²) in [5.74, 6) is -5.64. The number of anilines is 1. The number of methoxy groups -OCH3 is 1. The predicted molar refractivity (Wildman–Crippen MR) is 235 cm³/mol. The standard InChI is InChI=1S/C48H55IN4O13/c1-23-11-10-12-24(2)47(59)52-37-40(57)34-33(36-44(37)64-32-21-29(13-14-30(32)51-36)61-20-18-53(49-8)17-16-50-22-53)35-42(26(4)38(34)55)66-48(7,46(35)58)62-19-15-31(60-9)25(3)43(63-28(6)54)45-39(56)27(5)41(23)65-45/h10-17,19,21-23,25,27,31,36,39,41,43,45,51,55-56H,18,20H2,1-9H3,(H,52,59)/b11-10+,19-15+,24-12-/t23-,25+,27-,31-,36?,39+,41-,43+,45+,48-,53?/m0/s1. The van der Waals surface area contributed by atoms with E-state index in [1.807, 2.05) is 32.5 Å². The molecule has 0 radical (unpaired) electrons. The van der Waals surface area contributed by atoms with Crippen molar-refractivity contribution in [1.82, 2.24) is 5.32 Å². The number of nitrogens with zero attached hydrogens (tertiary/aromatic N) is 2. The molecule has 18 heteroatoms. The van der Waals surface area contributed by atoms with Crippen molar-refractivity contribution in [3.63, 3.8) is 0 Å². The Morgan fingerprint density at radius 3 is 2.55 bits per heavy atom. The molecular formula is C48H55IN4O13. The van der Waals surface area contributed by atoms with Crippen molar-refractivity contribution in [3.05, 3.63) is 100 Å². The van der Waals surface area contributed by atoms with Gasteiger partial charge in [0.1, 0.15) is 23.7 Å². The zero-order valence-corrected chi connectivity index (χ0v) is 40.3. The van der Waals surface area contributed by atoms with Crippen LogP contribution < -0.4 is 46.3 Å². The molecule has 2 unspecified atom stereocenters. The Hall–Kier alpha value is -5.54. The third-order valence-electron chi connectivity index (χ3n) is 13.1. The summed E-state index contributed by atoms with van der Waals surface area (Å²) in [7, 11) is 1.46. The van der Waals surface area contributed by atoms with Crippen LogP contribution >= 0.6 is 0 Å². The number of alkyl halides is 1. The summed E-state index contributed by atoms with van der Waals surface area (Å²) >= 11 is -0.256. The molecule has 4 N–H and O–H groups in total. The number of ether oxygens (including phenoxy) is 7. The molecule has 66 heavy (non-hydrogen) atoms. The van der Waals surface area contributed by atoms with Gasteiger partial charge in [-0.2, -0.15) is 0 Å². The van der Waals surface area contributed by atoms with E-state index in [4.69, 9.17) is 33.2 Å². The third kappa shape index (κ3) is 8.30. The van der Waals surface area contributed by atoms with Gasteiger partial charge >= 0.3 is 184 Å². The number of phenolic OH excluding ortho intramolecular Hbond substituents is 1. The van der Waals surface area contributed by atoms with Crippen molar-refractivity contribution in [2.75, 3.05) is 30.5 Å². The number of ketones is 2. The number of nitrogens with one attached hydrogen (secondary N) is 2. The number of aliphatic hydroxyl groups excluding tert-OH is 1. The second kappa shape index (κ2) is 18.3. The Bertz CT molecular complexity index is 2540. The van der Waals surface area contributed by atoms with E-state index in [-0.39, 0.29) is 78.3 Å². The molecule has 6 heterocycles. The predicted octanol–water partition coefficient (Wildman–Crippen LogP) is 2.43. The van der Waals surface area contributed by atoms with Crippen LogP contribution in [0.2, 0.25) is 0 Å². The summed E-state index contributed by atoms with van der Waals surface area (Å²) in [5, 5.41) is 29.5. The summed E-state index contributed by atoms with van der Waals surface area (Å²) in [5.41, 5.74) is 0.394. The Balaban J connectivity index is 1.21. The van der Waals surface area contributed by atoms with Gasteiger partial charge < -0.3 is 33.9 Å². The average molecular weight is 1020 g/mol. The molecule has 6 aliphatic heterocycles. The first-order valence-corrected chi connectivity index (χ1v) is 24.8. The van der Waals surface area contributed by atoms with Crippen molar-refractivity contribution in [3.8, 4) is 23.0 Å². The number of aliphatic imine (C=N–C) groups is 1. The van der Waals surface area contributed by atoms with Gasteiger partial charge in [0.05, 0.1) is 24.6 Å². The van der Waals surface area contributed by atoms with Gasteiger partial charge in [0.2, 0.25) is 0 Å². The number of hydrogen-bond acceptors (Lipinski definition) is 15. The van der Waals surface area contributed by atoms with E-state index in [0.717, 1.165) is 0 Å². The topological polar surface area (TPSA) is 210 Å². The quantitative estimate of drug-likeness (QED) is 0.136. The van der Waals surface area contributed by atoms with Crippen LogP contribution in [0.3, 0.4) is 0 Å². The van der Waals surface area contributed by atoms with Gasteiger partial charge in [-0.15, -0.1) is 0 Å². The summed E-state index contributed by atoms with van der Waals surface area (Å²) < 4.78 is 43.9. The minimum atomic E-state index is -2.01. The van der Waals surface area contributed by atoms with Crippen molar-refractivity contribution in [2.45, 2.75) is 90.8 Å². The van der Waals surface area contributed by atoms with Gasteiger partial charge in [0.15, 0.2) is 0 Å². The van der Waals surface area contributed by atoms with Gasteiger partial charge in [-0.05, 0) is 19.9 Å². The zero-order valence-electron chi connectivity index (χ0n) is 38.1. The fraction of sp³-hybridized carbons (Fsp3) is 0.438. The number of quaternary nitrogens is 1. The van der Waals surface area contributed by atoms with Gasteiger partial charge in [0, 0.05) is 49.8 Å². The number of aromatic hydroxyl groups is 1. The molecule has 1 aliphatic carbocycles. The third-order valence-corrected chi connectivity index (χ3v) is 16.0. The monoisotopic (exact) mass is 1020 g/mol. The average Bonchev–Trinajstić information content (AvgIpc) is 3.96. The van der Waals surface area contributed by atoms with Crippen LogP contribution in [0.1, 0.15) is 79.4 Å². The Morgan fingerprint density at radius 2 is 1.85 bits per heavy atom. The normalized spacial score (nSPS) is 34.1. The van der Waals surface area contributed by atoms with E-state index < -0.39 is 77.5 Å². The number of aliphatic hydroxyl groups is 1. The van der Waals surface area contributed by atoms with Crippen LogP contribution in [0.5, 0.6) is 23.0 Å². The van der Waals surface area contributed by atoms with Gasteiger partial charge in [0.25, 0.3) is 5.78 Å². The molecule has 1 amide bonds. The molecule has 0 spiro atoms. The number of amides is 1. The second-order valence-electron chi connectivity index (χ2n) is 17.4. The van der Waals surface area contributed by atoms with E-state index in [1.54, 1.807) is 50.4 Å². The SMILES string of the molecule is CO[C@H]1/C=C/O[C@@]2(C)Oc3c(C)c(O)c4c(c3C2=O)C2Nc3ccc(OCC[N+]5([I-]C)C=CN=C5)cc3OC2=C(NC(=O)/C(C)=C\C=C\[C@H](C)[C@@H]2O[C@H]([C@H](O)[C@@H]2C)[C@H](OC(C)=O)[C@@H]1C)C4=O. The van der Waals surface area contributed by atoms with Crippen molar-refractivity contribution in [2.24, 2.45) is 22.7 Å². The summed E-state index contributed by atoms with van der Waals surface area (Å²) in [6.45, 7) is 12.4. The van der Waals surface area contributed by atoms with Gasteiger partial charge in [-0.3, -0.25) is 14.4 Å². The van der Waals surface area contributed by atoms with Gasteiger partial charge in [-0.1, -0.05) is 39.0 Å². The number of carbonyl (C=O) groups excluding carboxylic acids is 4. The molecule has 1 fully saturated rings. The minimum absolute atomic E-state index is 0.00663. The van der Waals surface area contributed by atoms with Crippen LogP contribution in [-0.2, 0) is 28.5 Å². The molecule has 17 nitrogen and oxygen atoms in total. The van der Waals surface area contributed by atoms with Crippen LogP contribution in [0.25, 0.3) is 0 Å². The first-order chi connectivity index (χ1) is 31.4. The maximum atomic E-state index is 14.8. The van der Waals surface area contributed by atoms with Gasteiger partial charge in [-0.25, -0.2) is 0 Å². The summed E-state index contributed by atoms with van der Waals surface area (Å²) in [4.78, 5) is 62.6. The maximum absolute atomic E-state index is 14.8. The molecular weight excluding hydrogens is 967 g/mol. The number of phenols is 1. The first kappa shape index (κ1) is 47.0. The number of Topliss-reactive ketones (excluding diaryl/α,β-unsaturated/α-hetero) is 2. The molecule has 2 aromatic rings. The summed E-state index contributed by atoms with van der Waals surface area (Å²) in [6.07, 6.45) is 9.44. The van der Waals surface area contributed by atoms with E-state index >= 15 is 0 Å². The van der Waals surface area contributed by atoms with E-state index in [9.17, 15) is 29.4 Å². The number of allylic oxidation sites excluding steroid dienone is 3. The Labute approximate surface area is 393 Å². The molecule has 0 aromatic heterocycles. The number of carbonyl (C=O) groups is 4. The number of esters is 1. The number of fused-ring (bicyclic) bond motifs is 9. The Morgan fingerprint density at radius 1 is 1.08 bits per heavy atom. The molecule has 9 rings (SSSR count). The zero-order chi connectivity index (χ0) is 47.4. The number of rotatable bonds is 7. The van der Waals surface area contributed by atoms with Crippen LogP contribution in [0.4, 0.5) is 5.69 Å². The fourth-order valence-electron chi connectivity index (χ4n) is 9.27. The van der Waals surface area contributed by atoms with E-state index in [0.29, 0.717) is 33.0 Å². The van der Waals surface area contributed by atoms with Crippen LogP contribution in [0, 0.1) is 24.7 Å².